The van der Waals surface area contributed by atoms with Crippen molar-refractivity contribution in [3.63, 3.8) is 0 Å². The number of anilines is 1. The third kappa shape index (κ3) is 5.98. The zero-order valence-corrected chi connectivity index (χ0v) is 11.5. The molecule has 8 heteroatoms. The Balaban J connectivity index is 2.52. The number of carbonyl (C=O) groups excluding carboxylic acids is 1. The summed E-state index contributed by atoms with van der Waals surface area (Å²) in [5.41, 5.74) is 0.708. The maximum atomic E-state index is 11.3. The molecule has 0 aliphatic carbocycles. The fourth-order valence-corrected chi connectivity index (χ4v) is 1.30. The van der Waals surface area contributed by atoms with Gasteiger partial charge in [-0.3, -0.25) is 9.59 Å². The number of ether oxygens (including phenoxy) is 1. The van der Waals surface area contributed by atoms with Gasteiger partial charge in [0, 0.05) is 11.8 Å². The number of rotatable bonds is 8. The van der Waals surface area contributed by atoms with E-state index in [1.54, 1.807) is 13.0 Å². The molecule has 0 aliphatic heterocycles. The van der Waals surface area contributed by atoms with Crippen LogP contribution in [0.5, 0.6) is 5.88 Å². The molecule has 1 rings (SSSR count). The Morgan fingerprint density at radius 1 is 1.35 bits per heavy atom. The molecule has 8 nitrogen and oxygen atoms in total. The van der Waals surface area contributed by atoms with Gasteiger partial charge in [-0.1, -0.05) is 6.92 Å². The second-order valence-corrected chi connectivity index (χ2v) is 4.04. The number of aliphatic carboxylic acids is 1. The van der Waals surface area contributed by atoms with Crippen molar-refractivity contribution in [1.29, 1.82) is 0 Å². The van der Waals surface area contributed by atoms with Crippen LogP contribution >= 0.6 is 0 Å². The highest BCUT2D eigenvalue weighted by Gasteiger charge is 2.06. The van der Waals surface area contributed by atoms with Crippen molar-refractivity contribution in [2.75, 3.05) is 25.0 Å². The van der Waals surface area contributed by atoms with E-state index in [1.165, 1.54) is 0 Å². The van der Waals surface area contributed by atoms with Crippen molar-refractivity contribution in [1.82, 2.24) is 15.3 Å². The average molecular weight is 282 g/mol. The summed E-state index contributed by atoms with van der Waals surface area (Å²) in [4.78, 5) is 29.8. The second kappa shape index (κ2) is 7.93. The maximum absolute atomic E-state index is 11.3. The summed E-state index contributed by atoms with van der Waals surface area (Å²) in [5, 5.41) is 13.4. The van der Waals surface area contributed by atoms with E-state index in [0.717, 1.165) is 6.42 Å². The average Bonchev–Trinajstić information content (AvgIpc) is 2.40. The molecule has 0 spiro atoms. The Hall–Kier alpha value is -2.38. The van der Waals surface area contributed by atoms with Crippen molar-refractivity contribution < 1.29 is 19.4 Å². The largest absolute Gasteiger partial charge is 0.480 e. The van der Waals surface area contributed by atoms with Crippen molar-refractivity contribution >= 4 is 17.8 Å². The number of carboxylic acid groups (broad SMARTS) is 1. The van der Waals surface area contributed by atoms with Gasteiger partial charge in [0.25, 0.3) is 0 Å². The minimum absolute atomic E-state index is 0.107. The van der Waals surface area contributed by atoms with E-state index in [4.69, 9.17) is 9.84 Å². The van der Waals surface area contributed by atoms with Gasteiger partial charge in [-0.2, -0.15) is 4.98 Å². The summed E-state index contributed by atoms with van der Waals surface area (Å²) in [6, 6.07) is 1.70. The van der Waals surface area contributed by atoms with Gasteiger partial charge in [0.2, 0.25) is 17.7 Å². The van der Waals surface area contributed by atoms with E-state index in [2.05, 4.69) is 20.6 Å². The van der Waals surface area contributed by atoms with E-state index in [9.17, 15) is 9.59 Å². The number of nitrogens with zero attached hydrogens (tertiary/aromatic N) is 2. The van der Waals surface area contributed by atoms with Gasteiger partial charge >= 0.3 is 5.97 Å². The van der Waals surface area contributed by atoms with Crippen LogP contribution in [-0.2, 0) is 9.59 Å². The number of hydrogen-bond donors (Lipinski definition) is 3. The molecule has 0 bridgehead atoms. The predicted molar refractivity (Wildman–Crippen MR) is 71.7 cm³/mol. The number of nitrogens with one attached hydrogen (secondary N) is 2. The minimum Gasteiger partial charge on any atom is -0.480 e. The zero-order chi connectivity index (χ0) is 15.0. The molecule has 1 aromatic heterocycles. The molecule has 0 aromatic carbocycles. The van der Waals surface area contributed by atoms with E-state index < -0.39 is 18.4 Å². The van der Waals surface area contributed by atoms with Crippen LogP contribution in [0.15, 0.2) is 6.07 Å². The summed E-state index contributed by atoms with van der Waals surface area (Å²) in [7, 11) is 0. The smallest absolute Gasteiger partial charge is 0.322 e. The molecular weight excluding hydrogens is 264 g/mol. The second-order valence-electron chi connectivity index (χ2n) is 4.04. The molecule has 1 heterocycles. The van der Waals surface area contributed by atoms with Gasteiger partial charge in [0.15, 0.2) is 0 Å². The highest BCUT2D eigenvalue weighted by Crippen LogP contribution is 2.11. The SMILES string of the molecule is CCCOc1cc(C)nc(NCC(=O)NCC(=O)O)n1. The standard InChI is InChI=1S/C12H18N4O4/c1-3-4-20-10-5-8(2)15-12(16-10)14-6-9(17)13-7-11(18)19/h5H,3-4,6-7H2,1-2H3,(H,13,17)(H,18,19)(H,14,15,16). The van der Waals surface area contributed by atoms with Crippen LogP contribution in [0.4, 0.5) is 5.95 Å². The summed E-state index contributed by atoms with van der Waals surface area (Å²) < 4.78 is 5.39. The topological polar surface area (TPSA) is 113 Å². The van der Waals surface area contributed by atoms with Crippen LogP contribution in [-0.4, -0.2) is 46.6 Å². The highest BCUT2D eigenvalue weighted by atomic mass is 16.5. The molecule has 0 unspecified atom stereocenters. The number of carboxylic acids is 1. The van der Waals surface area contributed by atoms with Gasteiger partial charge in [-0.25, -0.2) is 4.98 Å². The van der Waals surface area contributed by atoms with E-state index in [-0.39, 0.29) is 12.5 Å². The molecule has 110 valence electrons. The van der Waals surface area contributed by atoms with Crippen LogP contribution < -0.4 is 15.4 Å². The third-order valence-corrected chi connectivity index (χ3v) is 2.13. The van der Waals surface area contributed by atoms with Crippen LogP contribution in [0.1, 0.15) is 19.0 Å². The van der Waals surface area contributed by atoms with Gasteiger partial charge in [-0.15, -0.1) is 0 Å². The monoisotopic (exact) mass is 282 g/mol. The van der Waals surface area contributed by atoms with Gasteiger partial charge in [0.1, 0.15) is 6.54 Å². The van der Waals surface area contributed by atoms with Crippen LogP contribution in [0.2, 0.25) is 0 Å². The van der Waals surface area contributed by atoms with Gasteiger partial charge < -0.3 is 20.5 Å². The molecule has 0 aliphatic rings. The Morgan fingerprint density at radius 3 is 2.75 bits per heavy atom. The predicted octanol–water partition coefficient (Wildman–Crippen LogP) is 0.187. The Morgan fingerprint density at radius 2 is 2.10 bits per heavy atom. The first-order valence-corrected chi connectivity index (χ1v) is 6.22. The molecule has 0 saturated carbocycles. The minimum atomic E-state index is -1.10. The maximum Gasteiger partial charge on any atom is 0.322 e. The lowest BCUT2D eigenvalue weighted by molar-refractivity contribution is -0.137. The van der Waals surface area contributed by atoms with Crippen molar-refractivity contribution in [3.8, 4) is 5.88 Å². The zero-order valence-electron chi connectivity index (χ0n) is 11.5. The molecule has 0 radical (unpaired) electrons. The number of aromatic nitrogens is 2. The van der Waals surface area contributed by atoms with Gasteiger partial charge in [-0.05, 0) is 13.3 Å². The molecular formula is C12H18N4O4. The fourth-order valence-electron chi connectivity index (χ4n) is 1.30. The number of aryl methyl sites for hydroxylation is 1. The van der Waals surface area contributed by atoms with Crippen molar-refractivity contribution in [2.24, 2.45) is 0 Å². The Labute approximate surface area is 116 Å². The first-order valence-electron chi connectivity index (χ1n) is 6.22. The lowest BCUT2D eigenvalue weighted by atomic mass is 10.4. The highest BCUT2D eigenvalue weighted by molar-refractivity contribution is 5.83. The normalized spacial score (nSPS) is 9.90. The molecule has 1 aromatic rings. The third-order valence-electron chi connectivity index (χ3n) is 2.13. The summed E-state index contributed by atoms with van der Waals surface area (Å²) in [6.45, 7) is 3.80. The van der Waals surface area contributed by atoms with Crippen molar-refractivity contribution in [2.45, 2.75) is 20.3 Å². The quantitative estimate of drug-likeness (QED) is 0.623. The molecule has 20 heavy (non-hydrogen) atoms. The van der Waals surface area contributed by atoms with E-state index >= 15 is 0 Å². The lowest BCUT2D eigenvalue weighted by Gasteiger charge is -2.08. The fraction of sp³-hybridized carbons (Fsp3) is 0.500. The Kier molecular flexibility index (Phi) is 6.21. The molecule has 0 atom stereocenters. The lowest BCUT2D eigenvalue weighted by Crippen LogP contribution is -2.34. The molecule has 0 saturated heterocycles. The first kappa shape index (κ1) is 15.7. The first-order chi connectivity index (χ1) is 9.51. The van der Waals surface area contributed by atoms with Crippen LogP contribution in [0, 0.1) is 6.92 Å². The van der Waals surface area contributed by atoms with Crippen LogP contribution in [0.3, 0.4) is 0 Å². The molecule has 3 N–H and O–H groups in total. The molecule has 1 amide bonds. The van der Waals surface area contributed by atoms with Gasteiger partial charge in [0.05, 0.1) is 13.2 Å². The summed E-state index contributed by atoms with van der Waals surface area (Å²) >= 11 is 0. The van der Waals surface area contributed by atoms with Crippen molar-refractivity contribution in [3.05, 3.63) is 11.8 Å². The summed E-state index contributed by atoms with van der Waals surface area (Å²) in [6.07, 6.45) is 0.864. The molecule has 0 fully saturated rings. The number of carbonyl (C=O) groups is 2. The van der Waals surface area contributed by atoms with Crippen LogP contribution in [0.25, 0.3) is 0 Å². The number of hydrogen-bond acceptors (Lipinski definition) is 6. The number of amides is 1. The van der Waals surface area contributed by atoms with E-state index in [1.807, 2.05) is 6.92 Å². The Bertz CT molecular complexity index is 479. The summed E-state index contributed by atoms with van der Waals surface area (Å²) in [5.74, 6) is -0.844. The van der Waals surface area contributed by atoms with E-state index in [0.29, 0.717) is 18.2 Å².